The molecule has 1 aromatic carbocycles. The summed E-state index contributed by atoms with van der Waals surface area (Å²) in [6.45, 7) is 1.87. The van der Waals surface area contributed by atoms with Gasteiger partial charge in [-0.05, 0) is 31.7 Å². The molecule has 2 aliphatic heterocycles. The minimum absolute atomic E-state index is 0.102. The van der Waals surface area contributed by atoms with Gasteiger partial charge in [-0.3, -0.25) is 0 Å². The van der Waals surface area contributed by atoms with Crippen LogP contribution in [0.1, 0.15) is 31.7 Å². The number of carbonyl (C=O) groups excluding carboxylic acids is 1. The first-order valence-corrected chi connectivity index (χ1v) is 7.52. The summed E-state index contributed by atoms with van der Waals surface area (Å²) < 4.78 is 5.71. The predicted molar refractivity (Wildman–Crippen MR) is 78.8 cm³/mol. The predicted octanol–water partition coefficient (Wildman–Crippen LogP) is 1.51. The number of fused-ring (bicyclic) bond motifs is 2. The lowest BCUT2D eigenvalue weighted by Gasteiger charge is -2.26. The topological polar surface area (TPSA) is 70.6 Å². The Morgan fingerprint density at radius 3 is 2.76 bits per heavy atom. The van der Waals surface area contributed by atoms with E-state index in [0.29, 0.717) is 6.10 Å². The number of ether oxygens (including phenoxy) is 1. The number of aliphatic hydroxyl groups is 1. The Labute approximate surface area is 124 Å². The molecule has 114 valence electrons. The standard InChI is InChI=1S/C16H22N2O3/c1-16(20,11-5-3-2-4-6-11)10-17-15(19)18-13-9-12-7-8-14(13)21-12/h2-6,12-14,20H,7-10H2,1H3,(H2,17,18,19). The van der Waals surface area contributed by atoms with Crippen LogP contribution in [0.4, 0.5) is 4.79 Å². The number of benzene rings is 1. The number of carbonyl (C=O) groups is 1. The fourth-order valence-electron chi connectivity index (χ4n) is 3.16. The summed E-state index contributed by atoms with van der Waals surface area (Å²) in [4.78, 5) is 12.0. The molecule has 0 radical (unpaired) electrons. The minimum atomic E-state index is -1.08. The first kappa shape index (κ1) is 14.4. The maximum Gasteiger partial charge on any atom is 0.315 e. The average Bonchev–Trinajstić information content (AvgIpc) is 3.09. The highest BCUT2D eigenvalue weighted by molar-refractivity contribution is 5.74. The number of nitrogens with one attached hydrogen (secondary N) is 2. The van der Waals surface area contributed by atoms with E-state index in [4.69, 9.17) is 4.74 Å². The van der Waals surface area contributed by atoms with E-state index in [1.807, 2.05) is 30.3 Å². The van der Waals surface area contributed by atoms with E-state index in [1.54, 1.807) is 6.92 Å². The van der Waals surface area contributed by atoms with Gasteiger partial charge in [0.05, 0.1) is 24.8 Å². The van der Waals surface area contributed by atoms with Crippen LogP contribution in [-0.2, 0) is 10.3 Å². The molecule has 2 fully saturated rings. The zero-order valence-electron chi connectivity index (χ0n) is 12.2. The molecule has 0 saturated carbocycles. The fourth-order valence-corrected chi connectivity index (χ4v) is 3.16. The Balaban J connectivity index is 1.49. The Bertz CT molecular complexity index is 504. The van der Waals surface area contributed by atoms with Crippen LogP contribution in [0.2, 0.25) is 0 Å². The lowest BCUT2D eigenvalue weighted by atomic mass is 9.95. The highest BCUT2D eigenvalue weighted by atomic mass is 16.5. The molecule has 0 aromatic heterocycles. The van der Waals surface area contributed by atoms with E-state index < -0.39 is 5.60 Å². The van der Waals surface area contributed by atoms with Crippen molar-refractivity contribution in [2.24, 2.45) is 0 Å². The Morgan fingerprint density at radius 2 is 2.14 bits per heavy atom. The van der Waals surface area contributed by atoms with E-state index in [0.717, 1.165) is 24.8 Å². The Hall–Kier alpha value is -1.59. The Morgan fingerprint density at radius 1 is 1.38 bits per heavy atom. The maximum absolute atomic E-state index is 12.0. The second-order valence-corrected chi connectivity index (χ2v) is 6.18. The molecule has 21 heavy (non-hydrogen) atoms. The zero-order chi connectivity index (χ0) is 14.9. The van der Waals surface area contributed by atoms with Crippen molar-refractivity contribution >= 4 is 6.03 Å². The molecule has 2 bridgehead atoms. The SMILES string of the molecule is CC(O)(CNC(=O)NC1CC2CCC1O2)c1ccccc1. The summed E-state index contributed by atoms with van der Waals surface area (Å²) in [5.74, 6) is 0. The first-order valence-electron chi connectivity index (χ1n) is 7.52. The molecule has 5 nitrogen and oxygen atoms in total. The third-order valence-electron chi connectivity index (χ3n) is 4.41. The van der Waals surface area contributed by atoms with Crippen LogP contribution in [0.5, 0.6) is 0 Å². The number of amides is 2. The fraction of sp³-hybridized carbons (Fsp3) is 0.562. The highest BCUT2D eigenvalue weighted by Crippen LogP contribution is 2.34. The summed E-state index contributed by atoms with van der Waals surface area (Å²) in [7, 11) is 0. The molecule has 2 amide bonds. The van der Waals surface area contributed by atoms with Crippen molar-refractivity contribution in [3.05, 3.63) is 35.9 Å². The second kappa shape index (κ2) is 5.66. The van der Waals surface area contributed by atoms with Gasteiger partial charge in [-0.15, -0.1) is 0 Å². The minimum Gasteiger partial charge on any atom is -0.384 e. The summed E-state index contributed by atoms with van der Waals surface area (Å²) in [6, 6.07) is 9.20. The molecule has 2 saturated heterocycles. The second-order valence-electron chi connectivity index (χ2n) is 6.18. The van der Waals surface area contributed by atoms with Crippen LogP contribution >= 0.6 is 0 Å². The van der Waals surface area contributed by atoms with E-state index in [1.165, 1.54) is 0 Å². The average molecular weight is 290 g/mol. The summed E-state index contributed by atoms with van der Waals surface area (Å²) in [6.07, 6.45) is 3.50. The largest absolute Gasteiger partial charge is 0.384 e. The van der Waals surface area contributed by atoms with Gasteiger partial charge < -0.3 is 20.5 Å². The lowest BCUT2D eigenvalue weighted by Crippen LogP contribution is -2.49. The van der Waals surface area contributed by atoms with Gasteiger partial charge in [-0.2, -0.15) is 0 Å². The molecule has 1 aromatic rings. The van der Waals surface area contributed by atoms with Crippen molar-refractivity contribution < 1.29 is 14.6 Å². The van der Waals surface area contributed by atoms with Crippen molar-refractivity contribution in [2.45, 2.75) is 50.0 Å². The summed E-state index contributed by atoms with van der Waals surface area (Å²) in [5, 5.41) is 16.1. The van der Waals surface area contributed by atoms with Crippen molar-refractivity contribution in [3.63, 3.8) is 0 Å². The highest BCUT2D eigenvalue weighted by Gasteiger charge is 2.41. The van der Waals surface area contributed by atoms with Gasteiger partial charge in [0, 0.05) is 0 Å². The Kier molecular flexibility index (Phi) is 3.87. The molecule has 3 rings (SSSR count). The maximum atomic E-state index is 12.0. The molecule has 2 aliphatic rings. The molecule has 4 atom stereocenters. The zero-order valence-corrected chi connectivity index (χ0v) is 12.2. The molecule has 0 aliphatic carbocycles. The first-order chi connectivity index (χ1) is 10.0. The normalized spacial score (nSPS) is 29.9. The summed E-state index contributed by atoms with van der Waals surface area (Å²) in [5.41, 5.74) is -0.294. The van der Waals surface area contributed by atoms with Crippen LogP contribution < -0.4 is 10.6 Å². The quantitative estimate of drug-likeness (QED) is 0.787. The lowest BCUT2D eigenvalue weighted by molar-refractivity contribution is 0.0590. The number of urea groups is 1. The third-order valence-corrected chi connectivity index (χ3v) is 4.41. The van der Waals surface area contributed by atoms with E-state index in [-0.39, 0.29) is 24.7 Å². The molecule has 4 unspecified atom stereocenters. The smallest absolute Gasteiger partial charge is 0.315 e. The monoisotopic (exact) mass is 290 g/mol. The van der Waals surface area contributed by atoms with E-state index >= 15 is 0 Å². The molecule has 2 heterocycles. The molecule has 0 spiro atoms. The summed E-state index contributed by atoms with van der Waals surface area (Å²) >= 11 is 0. The molecular weight excluding hydrogens is 268 g/mol. The van der Waals surface area contributed by atoms with Crippen molar-refractivity contribution in [2.75, 3.05) is 6.54 Å². The van der Waals surface area contributed by atoms with Crippen LogP contribution in [0, 0.1) is 0 Å². The number of hydrogen-bond donors (Lipinski definition) is 3. The van der Waals surface area contributed by atoms with Gasteiger partial charge in [-0.1, -0.05) is 30.3 Å². The molecule has 5 heteroatoms. The van der Waals surface area contributed by atoms with Gasteiger partial charge in [-0.25, -0.2) is 4.79 Å². The molecular formula is C16H22N2O3. The molecule has 3 N–H and O–H groups in total. The van der Waals surface area contributed by atoms with Crippen LogP contribution in [0.3, 0.4) is 0 Å². The van der Waals surface area contributed by atoms with Crippen LogP contribution in [0.25, 0.3) is 0 Å². The van der Waals surface area contributed by atoms with Gasteiger partial charge in [0.15, 0.2) is 0 Å². The van der Waals surface area contributed by atoms with Crippen LogP contribution in [0.15, 0.2) is 30.3 Å². The van der Waals surface area contributed by atoms with Crippen molar-refractivity contribution in [1.29, 1.82) is 0 Å². The van der Waals surface area contributed by atoms with Gasteiger partial charge in [0.1, 0.15) is 5.60 Å². The van der Waals surface area contributed by atoms with Gasteiger partial charge >= 0.3 is 6.03 Å². The van der Waals surface area contributed by atoms with Crippen molar-refractivity contribution in [1.82, 2.24) is 10.6 Å². The third kappa shape index (κ3) is 3.19. The van der Waals surface area contributed by atoms with E-state index in [2.05, 4.69) is 10.6 Å². The van der Waals surface area contributed by atoms with Gasteiger partial charge in [0.2, 0.25) is 0 Å². The van der Waals surface area contributed by atoms with Gasteiger partial charge in [0.25, 0.3) is 0 Å². The number of rotatable bonds is 4. The van der Waals surface area contributed by atoms with E-state index in [9.17, 15) is 9.90 Å². The van der Waals surface area contributed by atoms with Crippen molar-refractivity contribution in [3.8, 4) is 0 Å². The number of hydrogen-bond acceptors (Lipinski definition) is 3. The van der Waals surface area contributed by atoms with Crippen LogP contribution in [-0.4, -0.2) is 35.9 Å².